The maximum atomic E-state index is 12.1. The molecule has 112 valence electrons. The van der Waals surface area contributed by atoms with Crippen LogP contribution in [0.25, 0.3) is 22.4 Å². The molecule has 6 nitrogen and oxygen atoms in total. The summed E-state index contributed by atoms with van der Waals surface area (Å²) < 4.78 is 9.83. The van der Waals surface area contributed by atoms with E-state index >= 15 is 0 Å². The van der Waals surface area contributed by atoms with Crippen LogP contribution in [0.2, 0.25) is 0 Å². The second-order valence-corrected chi connectivity index (χ2v) is 5.55. The monoisotopic (exact) mass is 321 g/mol. The Bertz CT molecular complexity index is 1030. The van der Waals surface area contributed by atoms with Crippen molar-refractivity contribution in [2.45, 2.75) is 6.54 Å². The van der Waals surface area contributed by atoms with Crippen molar-refractivity contribution in [3.05, 3.63) is 70.6 Å². The average Bonchev–Trinajstić information content (AvgIpc) is 3.05. The first kappa shape index (κ1) is 13.7. The van der Waals surface area contributed by atoms with Gasteiger partial charge in [0.25, 0.3) is 5.56 Å². The second-order valence-electron chi connectivity index (χ2n) is 5.02. The molecular weight excluding hydrogens is 310 g/mol. The molecule has 0 N–H and O–H groups in total. The van der Waals surface area contributed by atoms with Crippen LogP contribution in [0.4, 0.5) is 0 Å². The van der Waals surface area contributed by atoms with Gasteiger partial charge in [-0.2, -0.15) is 13.8 Å². The van der Waals surface area contributed by atoms with Gasteiger partial charge in [-0.15, -0.1) is 0 Å². The lowest BCUT2D eigenvalue weighted by Gasteiger charge is -2.07. The number of nitrogens with zero attached hydrogens (tertiary/aromatic N) is 5. The highest BCUT2D eigenvalue weighted by Crippen LogP contribution is 2.15. The van der Waals surface area contributed by atoms with Gasteiger partial charge in [-0.1, -0.05) is 12.1 Å². The molecular formula is C16H11N5OS. The molecule has 3 aromatic heterocycles. The predicted octanol–water partition coefficient (Wildman–Crippen LogP) is 2.36. The summed E-state index contributed by atoms with van der Waals surface area (Å²) in [5.74, 6) is 0. The fourth-order valence-corrected chi connectivity index (χ4v) is 2.83. The van der Waals surface area contributed by atoms with Crippen LogP contribution in [0.5, 0.6) is 0 Å². The minimum atomic E-state index is -0.152. The highest BCUT2D eigenvalue weighted by Gasteiger charge is 2.06. The van der Waals surface area contributed by atoms with Crippen LogP contribution in [-0.2, 0) is 6.54 Å². The van der Waals surface area contributed by atoms with Gasteiger partial charge in [0.05, 0.1) is 24.0 Å². The molecule has 0 saturated carbocycles. The molecule has 0 atom stereocenters. The quantitative estimate of drug-likeness (QED) is 0.579. The Morgan fingerprint density at radius 2 is 1.87 bits per heavy atom. The van der Waals surface area contributed by atoms with Gasteiger partial charge in [-0.3, -0.25) is 9.78 Å². The van der Waals surface area contributed by atoms with Crippen molar-refractivity contribution in [3.8, 4) is 11.4 Å². The standard InChI is InChI=1S/C16H11N5OS/c22-16-7-6-13(12-3-1-2-8-17-12)18-21(16)10-11-4-5-14-15(9-11)20-23-19-14/h1-9H,10H2. The van der Waals surface area contributed by atoms with Gasteiger partial charge in [0, 0.05) is 12.3 Å². The Morgan fingerprint density at radius 3 is 2.74 bits per heavy atom. The largest absolute Gasteiger partial charge is 0.268 e. The van der Waals surface area contributed by atoms with Crippen molar-refractivity contribution in [3.63, 3.8) is 0 Å². The van der Waals surface area contributed by atoms with Gasteiger partial charge in [0.1, 0.15) is 16.7 Å². The Morgan fingerprint density at radius 1 is 0.957 bits per heavy atom. The molecule has 0 fully saturated rings. The van der Waals surface area contributed by atoms with Gasteiger partial charge in [-0.05, 0) is 35.9 Å². The summed E-state index contributed by atoms with van der Waals surface area (Å²) in [4.78, 5) is 16.3. The number of fused-ring (bicyclic) bond motifs is 1. The molecule has 3 heterocycles. The van der Waals surface area contributed by atoms with Gasteiger partial charge in [0.2, 0.25) is 0 Å². The van der Waals surface area contributed by atoms with E-state index in [1.165, 1.54) is 22.5 Å². The number of hydrogen-bond acceptors (Lipinski definition) is 6. The summed E-state index contributed by atoms with van der Waals surface area (Å²) >= 11 is 1.18. The zero-order valence-electron chi connectivity index (χ0n) is 12.0. The molecule has 4 rings (SSSR count). The molecule has 0 saturated heterocycles. The molecule has 0 bridgehead atoms. The molecule has 7 heteroatoms. The molecule has 1 aromatic carbocycles. The molecule has 0 aliphatic rings. The molecule has 0 spiro atoms. The first-order valence-electron chi connectivity index (χ1n) is 7.00. The summed E-state index contributed by atoms with van der Waals surface area (Å²) in [5, 5.41) is 4.41. The highest BCUT2D eigenvalue weighted by atomic mass is 32.1. The van der Waals surface area contributed by atoms with Crippen LogP contribution in [-0.4, -0.2) is 23.5 Å². The number of aromatic nitrogens is 5. The SMILES string of the molecule is O=c1ccc(-c2ccccn2)nn1Cc1ccc2nsnc2c1. The van der Waals surface area contributed by atoms with E-state index < -0.39 is 0 Å². The lowest BCUT2D eigenvalue weighted by atomic mass is 10.2. The van der Waals surface area contributed by atoms with E-state index in [0.29, 0.717) is 12.2 Å². The molecule has 0 aliphatic carbocycles. The maximum absolute atomic E-state index is 12.1. The van der Waals surface area contributed by atoms with Crippen molar-refractivity contribution in [2.24, 2.45) is 0 Å². The van der Waals surface area contributed by atoms with Crippen molar-refractivity contribution in [1.82, 2.24) is 23.5 Å². The van der Waals surface area contributed by atoms with Crippen molar-refractivity contribution >= 4 is 22.8 Å². The van der Waals surface area contributed by atoms with Crippen molar-refractivity contribution in [2.75, 3.05) is 0 Å². The van der Waals surface area contributed by atoms with Crippen LogP contribution in [0.3, 0.4) is 0 Å². The summed E-state index contributed by atoms with van der Waals surface area (Å²) in [5.41, 5.74) is 3.91. The summed E-state index contributed by atoms with van der Waals surface area (Å²) in [7, 11) is 0. The molecule has 0 unspecified atom stereocenters. The third kappa shape index (κ3) is 2.74. The minimum Gasteiger partial charge on any atom is -0.268 e. The van der Waals surface area contributed by atoms with Crippen LogP contribution >= 0.6 is 11.7 Å². The Hall–Kier alpha value is -2.93. The van der Waals surface area contributed by atoms with E-state index in [1.54, 1.807) is 12.3 Å². The molecule has 0 amide bonds. The number of benzene rings is 1. The van der Waals surface area contributed by atoms with Crippen molar-refractivity contribution in [1.29, 1.82) is 0 Å². The minimum absolute atomic E-state index is 0.152. The van der Waals surface area contributed by atoms with Crippen LogP contribution < -0.4 is 5.56 Å². The number of rotatable bonds is 3. The molecule has 4 aromatic rings. The van der Waals surface area contributed by atoms with Crippen molar-refractivity contribution < 1.29 is 0 Å². The zero-order chi connectivity index (χ0) is 15.6. The van der Waals surface area contributed by atoms with E-state index in [0.717, 1.165) is 22.3 Å². The fraction of sp³-hybridized carbons (Fsp3) is 0.0625. The summed E-state index contributed by atoms with van der Waals surface area (Å²) in [6, 6.07) is 14.6. The Labute approximate surface area is 135 Å². The van der Waals surface area contributed by atoms with Crippen LogP contribution in [0.1, 0.15) is 5.56 Å². The van der Waals surface area contributed by atoms with E-state index in [4.69, 9.17) is 0 Å². The predicted molar refractivity (Wildman–Crippen MR) is 88.2 cm³/mol. The molecule has 23 heavy (non-hydrogen) atoms. The fourth-order valence-electron chi connectivity index (χ4n) is 2.31. The van der Waals surface area contributed by atoms with Crippen LogP contribution in [0, 0.1) is 0 Å². The Kier molecular flexibility index (Phi) is 3.39. The van der Waals surface area contributed by atoms with E-state index in [-0.39, 0.29) is 5.56 Å². The third-order valence-corrected chi connectivity index (χ3v) is 4.00. The first-order chi connectivity index (χ1) is 11.3. The van der Waals surface area contributed by atoms with Gasteiger partial charge < -0.3 is 0 Å². The van der Waals surface area contributed by atoms with E-state index in [9.17, 15) is 4.79 Å². The van der Waals surface area contributed by atoms with E-state index in [2.05, 4.69) is 18.8 Å². The topological polar surface area (TPSA) is 73.6 Å². The van der Waals surface area contributed by atoms with Gasteiger partial charge in [-0.25, -0.2) is 4.68 Å². The molecule has 0 radical (unpaired) electrons. The zero-order valence-corrected chi connectivity index (χ0v) is 12.8. The van der Waals surface area contributed by atoms with Gasteiger partial charge >= 0.3 is 0 Å². The Balaban J connectivity index is 1.72. The van der Waals surface area contributed by atoms with Gasteiger partial charge in [0.15, 0.2) is 0 Å². The van der Waals surface area contributed by atoms with E-state index in [1.807, 2.05) is 36.4 Å². The lowest BCUT2D eigenvalue weighted by molar-refractivity contribution is 0.642. The summed E-state index contributed by atoms with van der Waals surface area (Å²) in [6.07, 6.45) is 1.70. The lowest BCUT2D eigenvalue weighted by Crippen LogP contribution is -2.22. The number of hydrogen-bond donors (Lipinski definition) is 0. The average molecular weight is 321 g/mol. The second kappa shape index (κ2) is 5.69. The molecule has 0 aliphatic heterocycles. The smallest absolute Gasteiger partial charge is 0.267 e. The third-order valence-electron chi connectivity index (χ3n) is 3.44. The summed E-state index contributed by atoms with van der Waals surface area (Å²) in [6.45, 7) is 0.382. The number of pyridine rings is 1. The highest BCUT2D eigenvalue weighted by molar-refractivity contribution is 7.00. The van der Waals surface area contributed by atoms with Crippen LogP contribution in [0.15, 0.2) is 59.5 Å². The maximum Gasteiger partial charge on any atom is 0.267 e. The first-order valence-corrected chi connectivity index (χ1v) is 7.73. The normalized spacial score (nSPS) is 11.0.